The quantitative estimate of drug-likeness (QED) is 0.495. The van der Waals surface area contributed by atoms with E-state index in [0.29, 0.717) is 11.5 Å². The van der Waals surface area contributed by atoms with Crippen molar-refractivity contribution < 1.29 is 4.74 Å². The highest BCUT2D eigenvalue weighted by Crippen LogP contribution is 2.32. The molecule has 4 heteroatoms. The van der Waals surface area contributed by atoms with Gasteiger partial charge in [0.05, 0.1) is 20.8 Å². The van der Waals surface area contributed by atoms with Crippen LogP contribution in [0.3, 0.4) is 0 Å². The maximum Gasteiger partial charge on any atom is 0.222 e. The van der Waals surface area contributed by atoms with Crippen LogP contribution in [0.2, 0.25) is 0 Å². The summed E-state index contributed by atoms with van der Waals surface area (Å²) in [4.78, 5) is 17.8. The first kappa shape index (κ1) is 13.9. The molecule has 0 radical (unpaired) electrons. The first-order valence-corrected chi connectivity index (χ1v) is 8.09. The molecular formula is C19H13NO2S. The number of benzene rings is 3. The van der Waals surface area contributed by atoms with Crippen LogP contribution in [0.15, 0.2) is 65.5 Å². The van der Waals surface area contributed by atoms with E-state index in [9.17, 15) is 4.79 Å². The standard InChI is InChI=1S/C19H13NO2S/c1-12-5-4-6-13(9-12)22-17-10-15-19(11-16(17)21)23-18-8-3-2-7-14(18)20-15/h2-11H,1H3. The van der Waals surface area contributed by atoms with Gasteiger partial charge in [-0.2, -0.15) is 0 Å². The van der Waals surface area contributed by atoms with Crippen molar-refractivity contribution in [3.8, 4) is 22.1 Å². The molecule has 0 atom stereocenters. The summed E-state index contributed by atoms with van der Waals surface area (Å²) in [5.41, 5.74) is 2.65. The fourth-order valence-electron chi connectivity index (χ4n) is 2.47. The topological polar surface area (TPSA) is 39.2 Å². The monoisotopic (exact) mass is 319 g/mol. The Bertz CT molecular complexity index is 1040. The van der Waals surface area contributed by atoms with E-state index in [1.165, 1.54) is 0 Å². The summed E-state index contributed by atoms with van der Waals surface area (Å²) in [5, 5.41) is 0. The Kier molecular flexibility index (Phi) is 3.32. The fraction of sp³-hybridized carbons (Fsp3) is 0.0526. The Morgan fingerprint density at radius 1 is 1.00 bits per heavy atom. The average Bonchev–Trinajstić information content (AvgIpc) is 2.54. The van der Waals surface area contributed by atoms with Gasteiger partial charge in [-0.25, -0.2) is 4.98 Å². The van der Waals surface area contributed by atoms with Crippen molar-refractivity contribution >= 4 is 21.6 Å². The number of hydrogen-bond donors (Lipinski definition) is 0. The number of aromatic nitrogens is 1. The van der Waals surface area contributed by atoms with Crippen LogP contribution in [-0.2, 0) is 0 Å². The van der Waals surface area contributed by atoms with Gasteiger partial charge in [0.15, 0.2) is 5.75 Å². The minimum absolute atomic E-state index is 0.132. The van der Waals surface area contributed by atoms with E-state index in [1.54, 1.807) is 23.5 Å². The van der Waals surface area contributed by atoms with Gasteiger partial charge >= 0.3 is 0 Å². The molecular weight excluding hydrogens is 306 g/mol. The summed E-state index contributed by atoms with van der Waals surface area (Å²) < 4.78 is 6.82. The number of fused-ring (bicyclic) bond motifs is 2. The summed E-state index contributed by atoms with van der Waals surface area (Å²) in [6.07, 6.45) is 0. The zero-order valence-corrected chi connectivity index (χ0v) is 13.3. The van der Waals surface area contributed by atoms with Crippen molar-refractivity contribution in [3.05, 3.63) is 76.5 Å². The lowest BCUT2D eigenvalue weighted by Crippen LogP contribution is -2.05. The molecule has 0 N–H and O–H groups in total. The number of hydrogen-bond acceptors (Lipinski definition) is 4. The van der Waals surface area contributed by atoms with Crippen LogP contribution in [0.5, 0.6) is 11.5 Å². The van der Waals surface area contributed by atoms with Crippen molar-refractivity contribution in [2.45, 2.75) is 6.92 Å². The molecule has 1 heterocycles. The minimum atomic E-state index is -0.132. The molecule has 2 aromatic rings. The summed E-state index contributed by atoms with van der Waals surface area (Å²) in [7, 11) is 0. The minimum Gasteiger partial charge on any atom is -0.453 e. The van der Waals surface area contributed by atoms with Crippen LogP contribution in [-0.4, -0.2) is 4.98 Å². The van der Waals surface area contributed by atoms with Gasteiger partial charge in [0, 0.05) is 12.1 Å². The van der Waals surface area contributed by atoms with Gasteiger partial charge in [0.2, 0.25) is 5.43 Å². The maximum atomic E-state index is 12.3. The number of ether oxygens (including phenoxy) is 1. The highest BCUT2D eigenvalue weighted by molar-refractivity contribution is 7.21. The predicted molar refractivity (Wildman–Crippen MR) is 93.8 cm³/mol. The molecule has 0 amide bonds. The van der Waals surface area contributed by atoms with Gasteiger partial charge in [0.25, 0.3) is 0 Å². The molecule has 2 aliphatic rings. The van der Waals surface area contributed by atoms with Crippen molar-refractivity contribution in [1.82, 2.24) is 4.98 Å². The molecule has 3 nitrogen and oxygen atoms in total. The first-order valence-electron chi connectivity index (χ1n) is 7.27. The zero-order valence-electron chi connectivity index (χ0n) is 12.4. The number of rotatable bonds is 2. The number of aryl methyl sites for hydroxylation is 1. The molecule has 0 saturated carbocycles. The molecule has 0 bridgehead atoms. The van der Waals surface area contributed by atoms with Crippen molar-refractivity contribution in [2.75, 3.05) is 0 Å². The normalized spacial score (nSPS) is 11.0. The van der Waals surface area contributed by atoms with E-state index in [-0.39, 0.29) is 5.43 Å². The van der Waals surface area contributed by atoms with Crippen molar-refractivity contribution in [2.24, 2.45) is 0 Å². The maximum absolute atomic E-state index is 12.3. The van der Waals surface area contributed by atoms with Crippen LogP contribution >= 0.6 is 11.3 Å². The largest absolute Gasteiger partial charge is 0.453 e. The molecule has 2 aromatic carbocycles. The van der Waals surface area contributed by atoms with Crippen LogP contribution < -0.4 is 10.2 Å². The molecule has 112 valence electrons. The van der Waals surface area contributed by atoms with E-state index in [2.05, 4.69) is 4.98 Å². The first-order chi connectivity index (χ1) is 11.2. The number of para-hydroxylation sites is 1. The lowest BCUT2D eigenvalue weighted by Gasteiger charge is -2.09. The van der Waals surface area contributed by atoms with Crippen LogP contribution in [0.1, 0.15) is 5.56 Å². The fourth-order valence-corrected chi connectivity index (χ4v) is 3.45. The van der Waals surface area contributed by atoms with Gasteiger partial charge in [0.1, 0.15) is 5.75 Å². The van der Waals surface area contributed by atoms with Gasteiger partial charge < -0.3 is 4.74 Å². The molecule has 1 aliphatic carbocycles. The second kappa shape index (κ2) is 5.48. The van der Waals surface area contributed by atoms with E-state index in [4.69, 9.17) is 4.74 Å². The Hall–Kier alpha value is -2.72. The Morgan fingerprint density at radius 2 is 1.87 bits per heavy atom. The lowest BCUT2D eigenvalue weighted by atomic mass is 10.2. The van der Waals surface area contributed by atoms with E-state index in [0.717, 1.165) is 26.4 Å². The highest BCUT2D eigenvalue weighted by atomic mass is 32.1. The molecule has 0 fully saturated rings. The van der Waals surface area contributed by atoms with E-state index >= 15 is 0 Å². The molecule has 0 spiro atoms. The molecule has 0 aromatic heterocycles. The van der Waals surface area contributed by atoms with Crippen LogP contribution in [0, 0.1) is 6.92 Å². The second-order valence-corrected chi connectivity index (χ2v) is 6.45. The average molecular weight is 319 g/mol. The summed E-state index contributed by atoms with van der Waals surface area (Å²) in [6.45, 7) is 1.99. The summed E-state index contributed by atoms with van der Waals surface area (Å²) >= 11 is 1.56. The molecule has 1 aliphatic heterocycles. The third kappa shape index (κ3) is 2.69. The Morgan fingerprint density at radius 3 is 2.74 bits per heavy atom. The molecule has 4 rings (SSSR count). The molecule has 0 unspecified atom stereocenters. The summed E-state index contributed by atoms with van der Waals surface area (Å²) in [5.74, 6) is 0.962. The van der Waals surface area contributed by atoms with Crippen molar-refractivity contribution in [3.63, 3.8) is 0 Å². The third-order valence-electron chi connectivity index (χ3n) is 3.57. The van der Waals surface area contributed by atoms with E-state index in [1.807, 2.05) is 55.5 Å². The highest BCUT2D eigenvalue weighted by Gasteiger charge is 2.12. The van der Waals surface area contributed by atoms with Gasteiger partial charge in [-0.15, -0.1) is 11.3 Å². The second-order valence-electron chi connectivity index (χ2n) is 5.37. The van der Waals surface area contributed by atoms with Gasteiger partial charge in [-0.1, -0.05) is 24.3 Å². The Labute approximate surface area is 137 Å². The number of nitrogens with zero attached hydrogens (tertiary/aromatic N) is 1. The van der Waals surface area contributed by atoms with Gasteiger partial charge in [-0.3, -0.25) is 4.79 Å². The zero-order chi connectivity index (χ0) is 15.8. The molecule has 23 heavy (non-hydrogen) atoms. The Balaban J connectivity index is 1.84. The van der Waals surface area contributed by atoms with E-state index < -0.39 is 0 Å². The summed E-state index contributed by atoms with van der Waals surface area (Å²) in [6, 6.07) is 18.9. The van der Waals surface area contributed by atoms with Gasteiger partial charge in [-0.05, 0) is 36.8 Å². The van der Waals surface area contributed by atoms with Crippen molar-refractivity contribution in [1.29, 1.82) is 0 Å². The molecule has 0 saturated heterocycles. The third-order valence-corrected chi connectivity index (χ3v) is 4.68. The van der Waals surface area contributed by atoms with Crippen LogP contribution in [0.4, 0.5) is 0 Å². The predicted octanol–water partition coefficient (Wildman–Crippen LogP) is 4.86. The smallest absolute Gasteiger partial charge is 0.222 e. The van der Waals surface area contributed by atoms with Crippen LogP contribution in [0.25, 0.3) is 20.8 Å². The SMILES string of the molecule is Cc1cccc(Oc2cc3nc4ccccc4sc-3cc2=O)c1. The lowest BCUT2D eigenvalue weighted by molar-refractivity contribution is 0.478.